The molecule has 1 nitrogen and oxygen atoms in total. The number of rotatable bonds is 1. The van der Waals surface area contributed by atoms with Crippen LogP contribution in [-0.4, -0.2) is 5.78 Å². The monoisotopic (exact) mass is 388 g/mol. The Morgan fingerprint density at radius 1 is 0.655 bits per heavy atom. The van der Waals surface area contributed by atoms with Gasteiger partial charge in [-0.1, -0.05) is 100 Å². The third-order valence-corrected chi connectivity index (χ3v) is 7.06. The van der Waals surface area contributed by atoms with E-state index in [0.717, 1.165) is 25.7 Å². The van der Waals surface area contributed by atoms with Gasteiger partial charge >= 0.3 is 0 Å². The Balaban J connectivity index is 1.53. The predicted molar refractivity (Wildman–Crippen MR) is 122 cm³/mol. The molecule has 154 valence electrons. The van der Waals surface area contributed by atoms with Crippen molar-refractivity contribution >= 4 is 5.78 Å². The molecule has 0 saturated heterocycles. The van der Waals surface area contributed by atoms with Crippen molar-refractivity contribution in [1.82, 2.24) is 0 Å². The van der Waals surface area contributed by atoms with Gasteiger partial charge in [0.1, 0.15) is 5.78 Å². The molecule has 2 aromatic carbocycles. The summed E-state index contributed by atoms with van der Waals surface area (Å²) in [5.74, 6) is 0.884. The fraction of sp³-hybridized carbons (Fsp3) is 0.536. The standard InChI is InChI=1S/C28H36O/c29-24-16-10-8-6-4-2-1-3-5-7-9-14-22(20-24)26-18-13-19-27-25-17-12-11-15-23(25)21-28(26)27/h11-13,15,17-19,22H,1-10,14,16,20-21H2. The van der Waals surface area contributed by atoms with E-state index >= 15 is 0 Å². The van der Waals surface area contributed by atoms with Crippen LogP contribution in [0.15, 0.2) is 42.5 Å². The Hall–Kier alpha value is -1.89. The van der Waals surface area contributed by atoms with Crippen molar-refractivity contribution < 1.29 is 4.79 Å². The van der Waals surface area contributed by atoms with Gasteiger partial charge in [-0.05, 0) is 53.0 Å². The summed E-state index contributed by atoms with van der Waals surface area (Å²) < 4.78 is 0. The third-order valence-electron chi connectivity index (χ3n) is 7.06. The molecular weight excluding hydrogens is 352 g/mol. The summed E-state index contributed by atoms with van der Waals surface area (Å²) in [5.41, 5.74) is 7.19. The minimum atomic E-state index is 0.400. The van der Waals surface area contributed by atoms with Crippen molar-refractivity contribution in [3.63, 3.8) is 0 Å². The second kappa shape index (κ2) is 10.2. The van der Waals surface area contributed by atoms with Crippen LogP contribution in [0, 0.1) is 0 Å². The smallest absolute Gasteiger partial charge is 0.133 e. The Morgan fingerprint density at radius 3 is 2.10 bits per heavy atom. The van der Waals surface area contributed by atoms with Crippen molar-refractivity contribution in [2.75, 3.05) is 0 Å². The number of fused-ring (bicyclic) bond motifs is 3. The van der Waals surface area contributed by atoms with E-state index in [1.807, 2.05) is 0 Å². The molecule has 0 amide bonds. The Morgan fingerprint density at radius 2 is 1.31 bits per heavy atom. The Kier molecular flexibility index (Phi) is 7.19. The normalized spacial score (nSPS) is 21.7. The molecule has 1 fully saturated rings. The van der Waals surface area contributed by atoms with E-state index in [-0.39, 0.29) is 0 Å². The van der Waals surface area contributed by atoms with Crippen LogP contribution < -0.4 is 0 Å². The van der Waals surface area contributed by atoms with Crippen molar-refractivity contribution in [2.45, 2.75) is 95.8 Å². The maximum Gasteiger partial charge on any atom is 0.133 e. The van der Waals surface area contributed by atoms with Crippen LogP contribution in [0.25, 0.3) is 11.1 Å². The van der Waals surface area contributed by atoms with Crippen molar-refractivity contribution in [1.29, 1.82) is 0 Å². The van der Waals surface area contributed by atoms with Crippen LogP contribution in [0.1, 0.15) is 106 Å². The summed E-state index contributed by atoms with van der Waals surface area (Å²) >= 11 is 0. The summed E-state index contributed by atoms with van der Waals surface area (Å²) in [4.78, 5) is 12.8. The van der Waals surface area contributed by atoms with E-state index in [1.165, 1.54) is 92.0 Å². The summed E-state index contributed by atoms with van der Waals surface area (Å²) in [5, 5.41) is 0. The molecule has 0 N–H and O–H groups in total. The first-order chi connectivity index (χ1) is 14.3. The van der Waals surface area contributed by atoms with Gasteiger partial charge in [-0.25, -0.2) is 0 Å². The van der Waals surface area contributed by atoms with Crippen LogP contribution in [-0.2, 0) is 11.2 Å². The first-order valence-corrected chi connectivity index (χ1v) is 12.0. The van der Waals surface area contributed by atoms with E-state index < -0.39 is 0 Å². The van der Waals surface area contributed by atoms with Gasteiger partial charge in [-0.15, -0.1) is 0 Å². The lowest BCUT2D eigenvalue weighted by molar-refractivity contribution is -0.119. The van der Waals surface area contributed by atoms with Gasteiger partial charge in [0.05, 0.1) is 0 Å². The highest BCUT2D eigenvalue weighted by Gasteiger charge is 2.25. The second-order valence-corrected chi connectivity index (χ2v) is 9.22. The molecule has 29 heavy (non-hydrogen) atoms. The van der Waals surface area contributed by atoms with E-state index in [0.29, 0.717) is 11.7 Å². The molecule has 1 unspecified atom stereocenters. The summed E-state index contributed by atoms with van der Waals surface area (Å²) in [6, 6.07) is 15.6. The average molecular weight is 389 g/mol. The van der Waals surface area contributed by atoms with Gasteiger partial charge in [0, 0.05) is 12.8 Å². The fourth-order valence-electron chi connectivity index (χ4n) is 5.44. The van der Waals surface area contributed by atoms with E-state index in [9.17, 15) is 4.79 Å². The van der Waals surface area contributed by atoms with Crippen LogP contribution in [0.2, 0.25) is 0 Å². The molecule has 2 aromatic rings. The minimum absolute atomic E-state index is 0.400. The topological polar surface area (TPSA) is 17.1 Å². The van der Waals surface area contributed by atoms with E-state index in [2.05, 4.69) is 42.5 Å². The van der Waals surface area contributed by atoms with Gasteiger partial charge in [-0.3, -0.25) is 4.79 Å². The number of Topliss-reactive ketones (excluding diaryl/α,β-unsaturated/α-hetero) is 1. The third kappa shape index (κ3) is 5.18. The highest BCUT2D eigenvalue weighted by Crippen LogP contribution is 2.42. The second-order valence-electron chi connectivity index (χ2n) is 9.22. The molecule has 0 bridgehead atoms. The van der Waals surface area contributed by atoms with Gasteiger partial charge in [0.15, 0.2) is 0 Å². The zero-order chi connectivity index (χ0) is 19.9. The number of benzene rings is 2. The maximum absolute atomic E-state index is 12.8. The largest absolute Gasteiger partial charge is 0.300 e. The summed E-state index contributed by atoms with van der Waals surface area (Å²) in [7, 11) is 0. The van der Waals surface area contributed by atoms with Crippen molar-refractivity contribution in [3.05, 3.63) is 59.2 Å². The van der Waals surface area contributed by atoms with Gasteiger partial charge < -0.3 is 0 Å². The number of hydrogen-bond acceptors (Lipinski definition) is 1. The zero-order valence-corrected chi connectivity index (χ0v) is 17.9. The lowest BCUT2D eigenvalue weighted by Gasteiger charge is -2.20. The highest BCUT2D eigenvalue weighted by molar-refractivity contribution is 5.81. The number of carbonyl (C=O) groups is 1. The Labute approximate surface area is 176 Å². The lowest BCUT2D eigenvalue weighted by Crippen LogP contribution is -2.10. The van der Waals surface area contributed by atoms with E-state index in [1.54, 1.807) is 0 Å². The SMILES string of the molecule is O=C1CCCCCCCCCCCCC(c2cccc3c2Cc2ccccc2-3)C1. The molecular formula is C28H36O. The molecule has 0 aromatic heterocycles. The predicted octanol–water partition coefficient (Wildman–Crippen LogP) is 8.00. The molecule has 4 rings (SSSR count). The molecule has 0 heterocycles. The van der Waals surface area contributed by atoms with E-state index in [4.69, 9.17) is 0 Å². The first-order valence-electron chi connectivity index (χ1n) is 12.0. The quantitative estimate of drug-likeness (QED) is 0.413. The molecule has 2 aliphatic rings. The fourth-order valence-corrected chi connectivity index (χ4v) is 5.44. The van der Waals surface area contributed by atoms with Crippen LogP contribution in [0.3, 0.4) is 0 Å². The molecule has 2 aliphatic carbocycles. The molecule has 1 saturated carbocycles. The van der Waals surface area contributed by atoms with Gasteiger partial charge in [-0.2, -0.15) is 0 Å². The molecule has 0 aliphatic heterocycles. The lowest BCUT2D eigenvalue weighted by atomic mass is 9.84. The summed E-state index contributed by atoms with van der Waals surface area (Å²) in [6.07, 6.45) is 16.8. The molecule has 1 atom stereocenters. The maximum atomic E-state index is 12.8. The minimum Gasteiger partial charge on any atom is -0.300 e. The van der Waals surface area contributed by atoms with Crippen LogP contribution in [0.5, 0.6) is 0 Å². The van der Waals surface area contributed by atoms with Gasteiger partial charge in [0.25, 0.3) is 0 Å². The molecule has 1 heteroatoms. The van der Waals surface area contributed by atoms with Crippen molar-refractivity contribution in [2.24, 2.45) is 0 Å². The highest BCUT2D eigenvalue weighted by atomic mass is 16.1. The van der Waals surface area contributed by atoms with Crippen LogP contribution in [0.4, 0.5) is 0 Å². The van der Waals surface area contributed by atoms with Crippen LogP contribution >= 0.6 is 0 Å². The molecule has 0 spiro atoms. The number of ketones is 1. The number of carbonyl (C=O) groups excluding carboxylic acids is 1. The first kappa shape index (κ1) is 20.4. The number of hydrogen-bond donors (Lipinski definition) is 0. The molecule has 0 radical (unpaired) electrons. The average Bonchev–Trinajstić information content (AvgIpc) is 3.11. The van der Waals surface area contributed by atoms with Gasteiger partial charge in [0.2, 0.25) is 0 Å². The van der Waals surface area contributed by atoms with Crippen molar-refractivity contribution in [3.8, 4) is 11.1 Å². The Bertz CT molecular complexity index is 819. The zero-order valence-electron chi connectivity index (χ0n) is 17.9. The summed E-state index contributed by atoms with van der Waals surface area (Å²) in [6.45, 7) is 0.